The zero-order valence-electron chi connectivity index (χ0n) is 17.0. The summed E-state index contributed by atoms with van der Waals surface area (Å²) >= 11 is 1.44. The number of aromatic nitrogens is 1. The predicted molar refractivity (Wildman–Crippen MR) is 128 cm³/mol. The Morgan fingerprint density at radius 3 is 2.48 bits per heavy atom. The van der Waals surface area contributed by atoms with Crippen molar-refractivity contribution in [2.75, 3.05) is 18.5 Å². The molecule has 0 saturated carbocycles. The van der Waals surface area contributed by atoms with Crippen LogP contribution in [-0.2, 0) is 10.0 Å². The van der Waals surface area contributed by atoms with Gasteiger partial charge < -0.3 is 0 Å². The van der Waals surface area contributed by atoms with Gasteiger partial charge in [-0.25, -0.2) is 13.4 Å². The van der Waals surface area contributed by atoms with Crippen LogP contribution in [0.4, 0.5) is 5.13 Å². The van der Waals surface area contributed by atoms with Gasteiger partial charge in [0.2, 0.25) is 15.2 Å². The molecule has 6 nitrogen and oxygen atoms in total. The molecule has 1 aliphatic rings. The van der Waals surface area contributed by atoms with Gasteiger partial charge in [0.1, 0.15) is 0 Å². The molecule has 1 aliphatic heterocycles. The number of anilines is 1. The van der Waals surface area contributed by atoms with Crippen LogP contribution in [0.15, 0.2) is 76.1 Å². The van der Waals surface area contributed by atoms with Crippen LogP contribution < -0.4 is 5.43 Å². The van der Waals surface area contributed by atoms with Crippen LogP contribution in [-0.4, -0.2) is 37.0 Å². The number of nitrogens with one attached hydrogen (secondary N) is 1. The summed E-state index contributed by atoms with van der Waals surface area (Å²) in [7, 11) is -3.42. The second-order valence-electron chi connectivity index (χ2n) is 7.19. The number of allylic oxidation sites excluding steroid dienone is 1. The van der Waals surface area contributed by atoms with E-state index in [0.29, 0.717) is 23.1 Å². The topological polar surface area (TPSA) is 74.7 Å². The molecule has 4 rings (SSSR count). The third-order valence-electron chi connectivity index (χ3n) is 5.02. The van der Waals surface area contributed by atoms with Crippen molar-refractivity contribution in [1.82, 2.24) is 9.29 Å². The van der Waals surface area contributed by atoms with Crippen LogP contribution in [0.5, 0.6) is 0 Å². The normalized spacial score (nSPS) is 15.6. The number of hydrogen-bond acceptors (Lipinski definition) is 6. The number of nitrogens with zero attached hydrogens (tertiary/aromatic N) is 3. The Balaban J connectivity index is 1.37. The van der Waals surface area contributed by atoms with Crippen molar-refractivity contribution in [1.29, 1.82) is 0 Å². The zero-order valence-corrected chi connectivity index (χ0v) is 18.6. The number of piperidine rings is 1. The van der Waals surface area contributed by atoms with Gasteiger partial charge in [0, 0.05) is 30.2 Å². The minimum absolute atomic E-state index is 0.335. The second-order valence-corrected chi connectivity index (χ2v) is 9.98. The summed E-state index contributed by atoms with van der Waals surface area (Å²) in [6.07, 6.45) is 8.45. The maximum atomic E-state index is 12.8. The quantitative estimate of drug-likeness (QED) is 0.400. The molecule has 2 heterocycles. The Hall–Kier alpha value is -2.81. The van der Waals surface area contributed by atoms with Crippen molar-refractivity contribution in [2.24, 2.45) is 5.10 Å². The summed E-state index contributed by atoms with van der Waals surface area (Å²) < 4.78 is 27.1. The van der Waals surface area contributed by atoms with Crippen molar-refractivity contribution < 1.29 is 8.42 Å². The van der Waals surface area contributed by atoms with Crippen LogP contribution in [0.25, 0.3) is 17.3 Å². The van der Waals surface area contributed by atoms with Crippen LogP contribution in [0.1, 0.15) is 24.8 Å². The molecule has 0 spiro atoms. The Morgan fingerprint density at radius 1 is 1.00 bits per heavy atom. The summed E-state index contributed by atoms with van der Waals surface area (Å²) in [5, 5.41) is 6.76. The Bertz CT molecular complexity index is 1150. The van der Waals surface area contributed by atoms with Gasteiger partial charge in [-0.05, 0) is 36.6 Å². The molecular weight excluding hydrogens is 428 g/mol. The summed E-state index contributed by atoms with van der Waals surface area (Å²) in [4.78, 5) is 4.86. The lowest BCUT2D eigenvalue weighted by Gasteiger charge is -2.25. The van der Waals surface area contributed by atoms with E-state index in [0.717, 1.165) is 36.1 Å². The van der Waals surface area contributed by atoms with Gasteiger partial charge in [0.05, 0.1) is 10.6 Å². The first-order chi connectivity index (χ1) is 15.1. The molecular formula is C23H24N4O2S2. The standard InChI is InChI=1S/C23H24N4O2S2/c28-31(29,27-16-5-2-6-17-27)21-13-11-20(12-14-21)22-18-30-23(25-22)26-24-15-7-10-19-8-3-1-4-9-19/h1,3-4,7-15,18H,2,5-6,16-17H2,(H,25,26). The molecule has 1 fully saturated rings. The smallest absolute Gasteiger partial charge is 0.243 e. The number of sulfonamides is 1. The van der Waals surface area contributed by atoms with E-state index in [-0.39, 0.29) is 0 Å². The SMILES string of the molecule is O=S(=O)(c1ccc(-c2csc(NN=CC=Cc3ccccc3)n2)cc1)N1CCCCC1. The molecule has 1 aromatic heterocycles. The summed E-state index contributed by atoms with van der Waals surface area (Å²) in [6.45, 7) is 1.21. The lowest BCUT2D eigenvalue weighted by atomic mass is 10.2. The number of thiazole rings is 1. The fourth-order valence-electron chi connectivity index (χ4n) is 3.36. The lowest BCUT2D eigenvalue weighted by Crippen LogP contribution is -2.35. The van der Waals surface area contributed by atoms with E-state index in [1.165, 1.54) is 11.3 Å². The van der Waals surface area contributed by atoms with Crippen molar-refractivity contribution in [3.05, 3.63) is 71.6 Å². The predicted octanol–water partition coefficient (Wildman–Crippen LogP) is 5.10. The summed E-state index contributed by atoms with van der Waals surface area (Å²) in [6, 6.07) is 16.9. The minimum atomic E-state index is -3.42. The molecule has 160 valence electrons. The van der Waals surface area contributed by atoms with Crippen molar-refractivity contribution in [2.45, 2.75) is 24.2 Å². The van der Waals surface area contributed by atoms with Gasteiger partial charge >= 0.3 is 0 Å². The summed E-state index contributed by atoms with van der Waals surface area (Å²) in [5.41, 5.74) is 5.68. The van der Waals surface area contributed by atoms with Gasteiger partial charge in [-0.1, -0.05) is 55.0 Å². The number of benzene rings is 2. The van der Waals surface area contributed by atoms with E-state index in [2.05, 4.69) is 15.5 Å². The fraction of sp³-hybridized carbons (Fsp3) is 0.217. The molecule has 0 bridgehead atoms. The molecule has 8 heteroatoms. The third kappa shape index (κ3) is 5.46. The van der Waals surface area contributed by atoms with Gasteiger partial charge in [0.25, 0.3) is 0 Å². The number of hydrazone groups is 1. The Morgan fingerprint density at radius 2 is 1.74 bits per heavy atom. The van der Waals surface area contributed by atoms with Crippen LogP contribution >= 0.6 is 11.3 Å². The first kappa shape index (κ1) is 21.4. The zero-order chi connectivity index (χ0) is 21.5. The van der Waals surface area contributed by atoms with Crippen molar-refractivity contribution in [3.8, 4) is 11.3 Å². The van der Waals surface area contributed by atoms with E-state index in [1.807, 2.05) is 60.0 Å². The fourth-order valence-corrected chi connectivity index (χ4v) is 5.55. The van der Waals surface area contributed by atoms with Crippen LogP contribution in [0.2, 0.25) is 0 Å². The van der Waals surface area contributed by atoms with Crippen LogP contribution in [0, 0.1) is 0 Å². The third-order valence-corrected chi connectivity index (χ3v) is 7.68. The highest BCUT2D eigenvalue weighted by Crippen LogP contribution is 2.27. The first-order valence-corrected chi connectivity index (χ1v) is 12.5. The maximum Gasteiger partial charge on any atom is 0.243 e. The number of rotatable bonds is 7. The molecule has 3 aromatic rings. The molecule has 1 N–H and O–H groups in total. The molecule has 2 aromatic carbocycles. The molecule has 0 atom stereocenters. The Kier molecular flexibility index (Phi) is 6.91. The van der Waals surface area contributed by atoms with E-state index < -0.39 is 10.0 Å². The molecule has 31 heavy (non-hydrogen) atoms. The van der Waals surface area contributed by atoms with Gasteiger partial charge in [-0.2, -0.15) is 9.41 Å². The van der Waals surface area contributed by atoms with E-state index in [9.17, 15) is 8.42 Å². The second kappa shape index (κ2) is 10.00. The highest BCUT2D eigenvalue weighted by Gasteiger charge is 2.25. The van der Waals surface area contributed by atoms with E-state index in [1.54, 1.807) is 22.7 Å². The Labute approximate surface area is 187 Å². The largest absolute Gasteiger partial charge is 0.253 e. The number of hydrogen-bond donors (Lipinski definition) is 1. The van der Waals surface area contributed by atoms with Gasteiger partial charge in [-0.3, -0.25) is 5.43 Å². The molecule has 0 radical (unpaired) electrons. The monoisotopic (exact) mass is 452 g/mol. The van der Waals surface area contributed by atoms with Crippen LogP contribution in [0.3, 0.4) is 0 Å². The molecule has 0 aliphatic carbocycles. The van der Waals surface area contributed by atoms with Crippen molar-refractivity contribution in [3.63, 3.8) is 0 Å². The minimum Gasteiger partial charge on any atom is -0.253 e. The average molecular weight is 453 g/mol. The lowest BCUT2D eigenvalue weighted by molar-refractivity contribution is 0.346. The maximum absolute atomic E-state index is 12.8. The van der Waals surface area contributed by atoms with Gasteiger partial charge in [0.15, 0.2) is 0 Å². The highest BCUT2D eigenvalue weighted by molar-refractivity contribution is 7.89. The first-order valence-electron chi connectivity index (χ1n) is 10.2. The highest BCUT2D eigenvalue weighted by atomic mass is 32.2. The summed E-state index contributed by atoms with van der Waals surface area (Å²) in [5.74, 6) is 0. The molecule has 0 unspecified atom stereocenters. The van der Waals surface area contributed by atoms with Gasteiger partial charge in [-0.15, -0.1) is 11.3 Å². The van der Waals surface area contributed by atoms with Crippen molar-refractivity contribution >= 4 is 38.8 Å². The molecule has 1 saturated heterocycles. The average Bonchev–Trinajstić information content (AvgIpc) is 3.29. The van der Waals surface area contributed by atoms with E-state index in [4.69, 9.17) is 0 Å². The molecule has 0 amide bonds. The van der Waals surface area contributed by atoms with E-state index >= 15 is 0 Å².